The fraction of sp³-hybridized carbons (Fsp3) is 0.200. The second kappa shape index (κ2) is 4.44. The van der Waals surface area contributed by atoms with Gasteiger partial charge in [0.2, 0.25) is 0 Å². The van der Waals surface area contributed by atoms with Crippen LogP contribution in [0.2, 0.25) is 0 Å². The Labute approximate surface area is 94.2 Å². The van der Waals surface area contributed by atoms with Crippen LogP contribution in [-0.2, 0) is 6.18 Å². The van der Waals surface area contributed by atoms with E-state index in [4.69, 9.17) is 5.73 Å². The first-order chi connectivity index (χ1) is 7.81. The highest BCUT2D eigenvalue weighted by molar-refractivity contribution is 5.98. The number of rotatable bonds is 3. The highest BCUT2D eigenvalue weighted by Gasteiger charge is 2.37. The minimum Gasteiger partial charge on any atom is -0.496 e. The van der Waals surface area contributed by atoms with Crippen molar-refractivity contribution in [2.45, 2.75) is 6.18 Å². The largest absolute Gasteiger partial charge is 0.496 e. The molecule has 1 rings (SSSR count). The van der Waals surface area contributed by atoms with E-state index in [0.717, 1.165) is 13.2 Å². The van der Waals surface area contributed by atoms with Crippen LogP contribution in [0.3, 0.4) is 0 Å². The summed E-state index contributed by atoms with van der Waals surface area (Å²) < 4.78 is 42.6. The molecule has 0 aliphatic heterocycles. The highest BCUT2D eigenvalue weighted by atomic mass is 19.4. The van der Waals surface area contributed by atoms with E-state index in [9.17, 15) is 22.8 Å². The summed E-state index contributed by atoms with van der Waals surface area (Å²) in [6.45, 7) is 0. The summed E-state index contributed by atoms with van der Waals surface area (Å²) in [5.41, 5.74) is 2.55. The molecule has 0 heterocycles. The molecule has 1 aromatic carbocycles. The molecule has 4 nitrogen and oxygen atoms in total. The molecular weight excluding hydrogens is 239 g/mol. The van der Waals surface area contributed by atoms with Gasteiger partial charge in [-0.2, -0.15) is 13.2 Å². The van der Waals surface area contributed by atoms with Crippen molar-refractivity contribution in [2.24, 2.45) is 5.73 Å². The SMILES string of the molecule is COc1cc(C=O)cc(C(F)(F)F)c1C(N)=O. The quantitative estimate of drug-likeness (QED) is 0.825. The fourth-order valence-electron chi connectivity index (χ4n) is 1.34. The standard InChI is InChI=1S/C10H8F3NO3/c1-17-7-3-5(4-15)2-6(10(11,12)13)8(7)9(14)16/h2-4H,1H3,(H2,14,16). The highest BCUT2D eigenvalue weighted by Crippen LogP contribution is 2.36. The Morgan fingerprint density at radius 2 is 2.00 bits per heavy atom. The second-order valence-electron chi connectivity index (χ2n) is 3.13. The van der Waals surface area contributed by atoms with Crippen molar-refractivity contribution in [3.05, 3.63) is 28.8 Å². The van der Waals surface area contributed by atoms with Crippen molar-refractivity contribution in [3.8, 4) is 5.75 Å². The van der Waals surface area contributed by atoms with Gasteiger partial charge in [0.05, 0.1) is 18.2 Å². The lowest BCUT2D eigenvalue weighted by Gasteiger charge is -2.14. The van der Waals surface area contributed by atoms with Crippen LogP contribution in [0, 0.1) is 0 Å². The monoisotopic (exact) mass is 247 g/mol. The summed E-state index contributed by atoms with van der Waals surface area (Å²) in [5.74, 6) is -1.65. The molecule has 17 heavy (non-hydrogen) atoms. The molecule has 0 aromatic heterocycles. The number of nitrogens with two attached hydrogens (primary N) is 1. The molecule has 2 N–H and O–H groups in total. The predicted molar refractivity (Wildman–Crippen MR) is 51.9 cm³/mol. The van der Waals surface area contributed by atoms with Crippen molar-refractivity contribution in [1.29, 1.82) is 0 Å². The number of halogens is 3. The average molecular weight is 247 g/mol. The van der Waals surface area contributed by atoms with E-state index >= 15 is 0 Å². The number of carbonyl (C=O) groups excluding carboxylic acids is 2. The molecule has 0 bridgehead atoms. The van der Waals surface area contributed by atoms with E-state index in [1.807, 2.05) is 0 Å². The third-order valence-corrected chi connectivity index (χ3v) is 2.03. The average Bonchev–Trinajstić information content (AvgIpc) is 2.25. The number of primary amides is 1. The van der Waals surface area contributed by atoms with Gasteiger partial charge in [-0.1, -0.05) is 0 Å². The molecule has 0 unspecified atom stereocenters. The molecule has 92 valence electrons. The van der Waals surface area contributed by atoms with Crippen molar-refractivity contribution in [2.75, 3.05) is 7.11 Å². The van der Waals surface area contributed by atoms with Gasteiger partial charge in [-0.3, -0.25) is 9.59 Å². The minimum absolute atomic E-state index is 0.225. The van der Waals surface area contributed by atoms with Crippen molar-refractivity contribution in [1.82, 2.24) is 0 Å². The Kier molecular flexibility index (Phi) is 3.40. The lowest BCUT2D eigenvalue weighted by molar-refractivity contribution is -0.138. The van der Waals surface area contributed by atoms with Crippen LogP contribution in [-0.4, -0.2) is 19.3 Å². The fourth-order valence-corrected chi connectivity index (χ4v) is 1.34. The van der Waals surface area contributed by atoms with E-state index in [1.54, 1.807) is 0 Å². The molecule has 0 radical (unpaired) electrons. The summed E-state index contributed by atoms with van der Waals surface area (Å²) >= 11 is 0. The smallest absolute Gasteiger partial charge is 0.417 e. The van der Waals surface area contributed by atoms with Crippen molar-refractivity contribution >= 4 is 12.2 Å². The zero-order chi connectivity index (χ0) is 13.2. The summed E-state index contributed by atoms with van der Waals surface area (Å²) in [6, 6.07) is 1.57. The van der Waals surface area contributed by atoms with E-state index in [0.29, 0.717) is 6.07 Å². The number of aldehydes is 1. The summed E-state index contributed by atoms with van der Waals surface area (Å²) in [7, 11) is 1.08. The number of carbonyl (C=O) groups is 2. The van der Waals surface area contributed by atoms with Crippen LogP contribution in [0.25, 0.3) is 0 Å². The molecule has 0 saturated carbocycles. The van der Waals surface area contributed by atoms with Gasteiger partial charge in [0.1, 0.15) is 12.0 Å². The predicted octanol–water partition coefficient (Wildman–Crippen LogP) is 1.63. The van der Waals surface area contributed by atoms with Gasteiger partial charge in [0.25, 0.3) is 5.91 Å². The topological polar surface area (TPSA) is 69.4 Å². The van der Waals surface area contributed by atoms with Crippen LogP contribution >= 0.6 is 0 Å². The van der Waals surface area contributed by atoms with Crippen molar-refractivity contribution in [3.63, 3.8) is 0 Å². The molecule has 0 spiro atoms. The number of hydrogen-bond acceptors (Lipinski definition) is 3. The molecule has 1 amide bonds. The number of methoxy groups -OCH3 is 1. The molecular formula is C10H8F3NO3. The van der Waals surface area contributed by atoms with E-state index in [2.05, 4.69) is 4.74 Å². The third kappa shape index (κ3) is 2.55. The van der Waals surface area contributed by atoms with Gasteiger partial charge in [0.15, 0.2) is 0 Å². The number of benzene rings is 1. The molecule has 0 atom stereocenters. The Morgan fingerprint density at radius 1 is 1.41 bits per heavy atom. The Bertz CT molecular complexity index is 469. The van der Waals surface area contributed by atoms with Crippen molar-refractivity contribution < 1.29 is 27.5 Å². The minimum atomic E-state index is -4.79. The number of hydrogen-bond donors (Lipinski definition) is 1. The van der Waals surface area contributed by atoms with Gasteiger partial charge in [-0.15, -0.1) is 0 Å². The van der Waals surface area contributed by atoms with E-state index < -0.39 is 23.2 Å². The number of amides is 1. The van der Waals surface area contributed by atoms with Crippen LogP contribution in [0.5, 0.6) is 5.75 Å². The number of ether oxygens (including phenoxy) is 1. The summed E-state index contributed by atoms with van der Waals surface area (Å²) in [5, 5.41) is 0. The lowest BCUT2D eigenvalue weighted by atomic mass is 10.0. The zero-order valence-corrected chi connectivity index (χ0v) is 8.67. The lowest BCUT2D eigenvalue weighted by Crippen LogP contribution is -2.20. The summed E-state index contributed by atoms with van der Waals surface area (Å²) in [4.78, 5) is 21.5. The maximum Gasteiger partial charge on any atom is 0.417 e. The maximum atomic E-state index is 12.7. The Morgan fingerprint density at radius 3 is 2.35 bits per heavy atom. The zero-order valence-electron chi connectivity index (χ0n) is 8.67. The van der Waals surface area contributed by atoms with Gasteiger partial charge >= 0.3 is 6.18 Å². The second-order valence-corrected chi connectivity index (χ2v) is 3.13. The van der Waals surface area contributed by atoms with Gasteiger partial charge < -0.3 is 10.5 Å². The van der Waals surface area contributed by atoms with Crippen LogP contribution in [0.15, 0.2) is 12.1 Å². The molecule has 0 aliphatic rings. The van der Waals surface area contributed by atoms with Crippen LogP contribution in [0.4, 0.5) is 13.2 Å². The van der Waals surface area contributed by atoms with Crippen LogP contribution in [0.1, 0.15) is 26.3 Å². The van der Waals surface area contributed by atoms with E-state index in [-0.39, 0.29) is 17.6 Å². The first kappa shape index (κ1) is 13.0. The normalized spacial score (nSPS) is 11.1. The van der Waals surface area contributed by atoms with E-state index in [1.165, 1.54) is 0 Å². The Hall–Kier alpha value is -2.05. The Balaban J connectivity index is 3.64. The molecule has 0 fully saturated rings. The maximum absolute atomic E-state index is 12.7. The molecule has 7 heteroatoms. The summed E-state index contributed by atoms with van der Waals surface area (Å²) in [6.07, 6.45) is -4.57. The van der Waals surface area contributed by atoms with Crippen LogP contribution < -0.4 is 10.5 Å². The third-order valence-electron chi connectivity index (χ3n) is 2.03. The van der Waals surface area contributed by atoms with Gasteiger partial charge in [-0.25, -0.2) is 0 Å². The molecule has 0 saturated heterocycles. The van der Waals surface area contributed by atoms with Gasteiger partial charge in [0, 0.05) is 5.56 Å². The number of alkyl halides is 3. The van der Waals surface area contributed by atoms with Gasteiger partial charge in [-0.05, 0) is 12.1 Å². The first-order valence-corrected chi connectivity index (χ1v) is 4.35. The molecule has 1 aromatic rings. The first-order valence-electron chi connectivity index (χ1n) is 4.35. The molecule has 0 aliphatic carbocycles.